The summed E-state index contributed by atoms with van der Waals surface area (Å²) in [5.74, 6) is 0.561. The van der Waals surface area contributed by atoms with Crippen LogP contribution in [0, 0.1) is 0 Å². The Morgan fingerprint density at radius 2 is 2.09 bits per heavy atom. The van der Waals surface area contributed by atoms with Crippen molar-refractivity contribution in [2.45, 2.75) is 0 Å². The van der Waals surface area contributed by atoms with Crippen LogP contribution in [0.3, 0.4) is 0 Å². The van der Waals surface area contributed by atoms with Crippen LogP contribution in [0.1, 0.15) is 0 Å². The molecule has 0 aliphatic carbocycles. The van der Waals surface area contributed by atoms with Crippen LogP contribution in [-0.2, 0) is 7.05 Å². The maximum atomic E-state index is 6.18. The second-order valence-electron chi connectivity index (χ2n) is 4.48. The normalized spacial score (nSPS) is 11.4. The number of aryl methyl sites for hydroxylation is 1. The highest BCUT2D eigenvalue weighted by molar-refractivity contribution is 9.10. The van der Waals surface area contributed by atoms with Gasteiger partial charge < -0.3 is 0 Å². The number of pyridine rings is 1. The van der Waals surface area contributed by atoms with Crippen LogP contribution in [0.2, 0.25) is 5.02 Å². The number of halogens is 2. The van der Waals surface area contributed by atoms with Crippen LogP contribution in [0.4, 0.5) is 0 Å². The zero-order valence-electron chi connectivity index (χ0n) is 11.1. The minimum absolute atomic E-state index is 0.510. The third kappa shape index (κ3) is 2.13. The summed E-state index contributed by atoms with van der Waals surface area (Å²) in [4.78, 5) is 4.84. The molecule has 0 bridgehead atoms. The van der Waals surface area contributed by atoms with E-state index < -0.39 is 0 Å². The van der Waals surface area contributed by atoms with Gasteiger partial charge in [0.2, 0.25) is 10.8 Å². The maximum absolute atomic E-state index is 6.18. The fourth-order valence-electron chi connectivity index (χ4n) is 2.07. The summed E-state index contributed by atoms with van der Waals surface area (Å²) < 4.78 is 4.22. The Hall–Kier alpha value is -1.84. The van der Waals surface area contributed by atoms with Crippen molar-refractivity contribution in [1.82, 2.24) is 34.6 Å². The molecule has 0 aliphatic rings. The molecule has 4 aromatic rings. The van der Waals surface area contributed by atoms with Gasteiger partial charge in [-0.05, 0) is 22.0 Å². The fourth-order valence-corrected chi connectivity index (χ4v) is 3.51. The molecular weight excluding hydrogens is 390 g/mol. The average Bonchev–Trinajstić information content (AvgIpc) is 3.15. The van der Waals surface area contributed by atoms with E-state index in [1.807, 2.05) is 6.07 Å². The standard InChI is InChI=1S/C12H7BrClN7S/c1-20-9(8(14)5-16-20)10-17-18-12-21(10)19-11(22-12)6-2-7(13)4-15-3-6/h2-5H,1H3. The van der Waals surface area contributed by atoms with E-state index >= 15 is 0 Å². The Morgan fingerprint density at radius 3 is 2.82 bits per heavy atom. The van der Waals surface area contributed by atoms with Gasteiger partial charge in [0.05, 0.1) is 11.2 Å². The summed E-state index contributed by atoms with van der Waals surface area (Å²) in [6.07, 6.45) is 5.06. The summed E-state index contributed by atoms with van der Waals surface area (Å²) in [5, 5.41) is 18.3. The molecule has 0 fully saturated rings. The molecule has 0 saturated carbocycles. The van der Waals surface area contributed by atoms with Crippen molar-refractivity contribution in [2.24, 2.45) is 7.05 Å². The molecule has 4 aromatic heterocycles. The van der Waals surface area contributed by atoms with Crippen LogP contribution in [0.5, 0.6) is 0 Å². The molecule has 10 heteroatoms. The van der Waals surface area contributed by atoms with Crippen molar-refractivity contribution in [2.75, 3.05) is 0 Å². The average molecular weight is 397 g/mol. The lowest BCUT2D eigenvalue weighted by Gasteiger charge is -1.98. The predicted molar refractivity (Wildman–Crippen MR) is 86.8 cm³/mol. The third-order valence-electron chi connectivity index (χ3n) is 3.05. The molecule has 0 N–H and O–H groups in total. The Labute approximate surface area is 141 Å². The van der Waals surface area contributed by atoms with Gasteiger partial charge in [-0.2, -0.15) is 14.7 Å². The topological polar surface area (TPSA) is 73.8 Å². The van der Waals surface area contributed by atoms with E-state index in [4.69, 9.17) is 11.6 Å². The highest BCUT2D eigenvalue weighted by atomic mass is 79.9. The lowest BCUT2D eigenvalue weighted by molar-refractivity contribution is 0.764. The number of fused-ring (bicyclic) bond motifs is 1. The molecule has 0 aliphatic heterocycles. The first-order valence-corrected chi connectivity index (χ1v) is 8.13. The summed E-state index contributed by atoms with van der Waals surface area (Å²) in [5.41, 5.74) is 1.59. The molecule has 0 amide bonds. The second kappa shape index (κ2) is 5.11. The van der Waals surface area contributed by atoms with Crippen LogP contribution in [-0.4, -0.2) is 34.6 Å². The second-order valence-corrected chi connectivity index (χ2v) is 6.76. The molecule has 4 rings (SSSR count). The van der Waals surface area contributed by atoms with Crippen LogP contribution in [0.15, 0.2) is 29.1 Å². The molecular formula is C12H7BrClN7S. The molecule has 0 spiro atoms. The van der Waals surface area contributed by atoms with Crippen LogP contribution >= 0.6 is 38.9 Å². The van der Waals surface area contributed by atoms with Crippen molar-refractivity contribution >= 4 is 43.8 Å². The van der Waals surface area contributed by atoms with Gasteiger partial charge in [0, 0.05) is 29.5 Å². The van der Waals surface area contributed by atoms with Gasteiger partial charge in [-0.1, -0.05) is 22.9 Å². The van der Waals surface area contributed by atoms with E-state index in [-0.39, 0.29) is 0 Å². The molecule has 0 unspecified atom stereocenters. The Kier molecular flexibility index (Phi) is 3.21. The van der Waals surface area contributed by atoms with Crippen molar-refractivity contribution in [3.05, 3.63) is 34.2 Å². The van der Waals surface area contributed by atoms with Gasteiger partial charge in [-0.25, -0.2) is 0 Å². The largest absolute Gasteiger partial charge is 0.263 e. The number of hydrogen-bond donors (Lipinski definition) is 0. The SMILES string of the molecule is Cn1ncc(Cl)c1-c1nnc2sc(-c3cncc(Br)c3)nn12. The Balaban J connectivity index is 1.90. The van der Waals surface area contributed by atoms with Gasteiger partial charge in [-0.15, -0.1) is 10.2 Å². The molecule has 7 nitrogen and oxygen atoms in total. The van der Waals surface area contributed by atoms with Crippen molar-refractivity contribution in [1.29, 1.82) is 0 Å². The van der Waals surface area contributed by atoms with Gasteiger partial charge in [0.25, 0.3) is 0 Å². The molecule has 0 atom stereocenters. The number of nitrogens with zero attached hydrogens (tertiary/aromatic N) is 7. The van der Waals surface area contributed by atoms with E-state index in [0.717, 1.165) is 15.0 Å². The molecule has 0 radical (unpaired) electrons. The lowest BCUT2D eigenvalue weighted by atomic mass is 10.3. The predicted octanol–water partition coefficient (Wildman–Crippen LogP) is 3.06. The minimum atomic E-state index is 0.510. The summed E-state index contributed by atoms with van der Waals surface area (Å²) in [7, 11) is 1.80. The molecule has 22 heavy (non-hydrogen) atoms. The zero-order valence-corrected chi connectivity index (χ0v) is 14.3. The smallest absolute Gasteiger partial charge is 0.235 e. The third-order valence-corrected chi connectivity index (χ3v) is 4.71. The van der Waals surface area contributed by atoms with Gasteiger partial charge >= 0.3 is 0 Å². The monoisotopic (exact) mass is 395 g/mol. The highest BCUT2D eigenvalue weighted by Gasteiger charge is 2.19. The quantitative estimate of drug-likeness (QED) is 0.520. The molecule has 0 saturated heterocycles. The van der Waals surface area contributed by atoms with Gasteiger partial charge in [0.1, 0.15) is 10.7 Å². The fraction of sp³-hybridized carbons (Fsp3) is 0.0833. The highest BCUT2D eigenvalue weighted by Crippen LogP contribution is 2.30. The van der Waals surface area contributed by atoms with Gasteiger partial charge in [0.15, 0.2) is 0 Å². The minimum Gasteiger partial charge on any atom is -0.263 e. The summed E-state index contributed by atoms with van der Waals surface area (Å²) in [6, 6.07) is 1.95. The van der Waals surface area contributed by atoms with E-state index in [2.05, 4.69) is 41.3 Å². The molecule has 110 valence electrons. The van der Waals surface area contributed by atoms with E-state index in [9.17, 15) is 0 Å². The van der Waals surface area contributed by atoms with E-state index in [0.29, 0.717) is 21.5 Å². The first kappa shape index (κ1) is 13.8. The summed E-state index contributed by atoms with van der Waals surface area (Å²) >= 11 is 11.0. The van der Waals surface area contributed by atoms with Crippen molar-refractivity contribution in [3.8, 4) is 22.1 Å². The number of hydrogen-bond acceptors (Lipinski definition) is 6. The molecule has 0 aromatic carbocycles. The Morgan fingerprint density at radius 1 is 1.23 bits per heavy atom. The van der Waals surface area contributed by atoms with E-state index in [1.54, 1.807) is 34.8 Å². The van der Waals surface area contributed by atoms with Crippen molar-refractivity contribution in [3.63, 3.8) is 0 Å². The van der Waals surface area contributed by atoms with Crippen molar-refractivity contribution < 1.29 is 0 Å². The number of aromatic nitrogens is 7. The zero-order chi connectivity index (χ0) is 15.3. The van der Waals surface area contributed by atoms with Gasteiger partial charge in [-0.3, -0.25) is 9.67 Å². The number of rotatable bonds is 2. The van der Waals surface area contributed by atoms with E-state index in [1.165, 1.54) is 11.3 Å². The lowest BCUT2D eigenvalue weighted by Crippen LogP contribution is -1.99. The first-order valence-electron chi connectivity index (χ1n) is 6.14. The molecule has 4 heterocycles. The first-order chi connectivity index (χ1) is 10.6. The van der Waals surface area contributed by atoms with Crippen LogP contribution < -0.4 is 0 Å². The Bertz CT molecular complexity index is 969. The maximum Gasteiger partial charge on any atom is 0.235 e. The summed E-state index contributed by atoms with van der Waals surface area (Å²) in [6.45, 7) is 0. The van der Waals surface area contributed by atoms with Crippen LogP contribution in [0.25, 0.3) is 27.1 Å².